The van der Waals surface area contributed by atoms with Gasteiger partial charge >= 0.3 is 0 Å². The average molecular weight is 453 g/mol. The van der Waals surface area contributed by atoms with Gasteiger partial charge in [-0.3, -0.25) is 14.5 Å². The molecule has 1 aliphatic heterocycles. The summed E-state index contributed by atoms with van der Waals surface area (Å²) >= 11 is 0. The minimum Gasteiger partial charge on any atom is -0.496 e. The summed E-state index contributed by atoms with van der Waals surface area (Å²) in [6.45, 7) is 7.28. The Bertz CT molecular complexity index is 1020. The molecule has 1 N–H and O–H groups in total. The summed E-state index contributed by atoms with van der Waals surface area (Å²) in [5, 5.41) is 3.18. The van der Waals surface area contributed by atoms with Crippen LogP contribution in [-0.2, 0) is 14.3 Å². The van der Waals surface area contributed by atoms with Crippen LogP contribution in [0.4, 0.5) is 5.69 Å². The third-order valence-electron chi connectivity index (χ3n) is 5.10. The number of carbonyl (C=O) groups is 2. The van der Waals surface area contributed by atoms with Gasteiger partial charge in [-0.2, -0.15) is 0 Å². The Balaban J connectivity index is 1.93. The number of ether oxygens (including phenoxy) is 3. The molecule has 0 spiro atoms. The summed E-state index contributed by atoms with van der Waals surface area (Å²) in [6.07, 6.45) is 1.54. The van der Waals surface area contributed by atoms with Crippen LogP contribution < -0.4 is 14.8 Å². The van der Waals surface area contributed by atoms with Gasteiger partial charge in [-0.1, -0.05) is 31.2 Å². The molecular weight excluding hydrogens is 420 g/mol. The van der Waals surface area contributed by atoms with Crippen LogP contribution in [-0.4, -0.2) is 49.7 Å². The Kier molecular flexibility index (Phi) is 8.49. The molecule has 7 heteroatoms. The lowest BCUT2D eigenvalue weighted by Crippen LogP contribution is -2.34. The fourth-order valence-corrected chi connectivity index (χ4v) is 3.57. The lowest BCUT2D eigenvalue weighted by atomic mass is 10.0. The standard InChI is InChI=1S/C26H32N2O5/c1-5-15-33-20-11-8-10-19(17-20)27-24-23(21-12-6-7-13-22(21)31-4)25(29)28(26(24)30)14-9-16-32-18(2)3/h6-8,10-13,17-18,27H,5,9,14-16H2,1-4H3. The number of para-hydroxylation sites is 1. The minimum absolute atomic E-state index is 0.0941. The van der Waals surface area contributed by atoms with E-state index < -0.39 is 0 Å². The van der Waals surface area contributed by atoms with Crippen molar-refractivity contribution in [3.05, 3.63) is 59.8 Å². The summed E-state index contributed by atoms with van der Waals surface area (Å²) in [4.78, 5) is 28.0. The molecule has 0 aliphatic carbocycles. The van der Waals surface area contributed by atoms with Gasteiger partial charge in [0.2, 0.25) is 0 Å². The number of imide groups is 1. The van der Waals surface area contributed by atoms with Crippen LogP contribution in [0.2, 0.25) is 0 Å². The predicted molar refractivity (Wildman–Crippen MR) is 128 cm³/mol. The van der Waals surface area contributed by atoms with Gasteiger partial charge in [-0.05, 0) is 44.9 Å². The highest BCUT2D eigenvalue weighted by atomic mass is 16.5. The topological polar surface area (TPSA) is 77.1 Å². The van der Waals surface area contributed by atoms with E-state index in [0.29, 0.717) is 48.0 Å². The molecule has 0 aromatic heterocycles. The van der Waals surface area contributed by atoms with Gasteiger partial charge in [0.1, 0.15) is 17.2 Å². The molecule has 0 saturated heterocycles. The Labute approximate surface area is 195 Å². The number of amides is 2. The molecule has 2 aromatic carbocycles. The maximum Gasteiger partial charge on any atom is 0.278 e. The predicted octanol–water partition coefficient (Wildman–Crippen LogP) is 4.49. The molecule has 0 bridgehead atoms. The van der Waals surface area contributed by atoms with Gasteiger partial charge in [0.05, 0.1) is 25.4 Å². The van der Waals surface area contributed by atoms with Crippen molar-refractivity contribution in [3.8, 4) is 11.5 Å². The molecule has 0 fully saturated rings. The van der Waals surface area contributed by atoms with E-state index in [9.17, 15) is 9.59 Å². The summed E-state index contributed by atoms with van der Waals surface area (Å²) in [7, 11) is 1.54. The fraction of sp³-hybridized carbons (Fsp3) is 0.385. The molecule has 0 atom stereocenters. The second kappa shape index (κ2) is 11.5. The van der Waals surface area contributed by atoms with Gasteiger partial charge < -0.3 is 19.5 Å². The van der Waals surface area contributed by atoms with Gasteiger partial charge in [0, 0.05) is 30.5 Å². The van der Waals surface area contributed by atoms with Crippen molar-refractivity contribution < 1.29 is 23.8 Å². The zero-order valence-electron chi connectivity index (χ0n) is 19.7. The van der Waals surface area contributed by atoms with Crippen molar-refractivity contribution in [2.45, 2.75) is 39.7 Å². The molecule has 2 amide bonds. The molecule has 1 heterocycles. The van der Waals surface area contributed by atoms with Gasteiger partial charge in [-0.25, -0.2) is 0 Å². The second-order valence-corrected chi connectivity index (χ2v) is 7.99. The zero-order chi connectivity index (χ0) is 23.8. The van der Waals surface area contributed by atoms with Crippen molar-refractivity contribution in [1.82, 2.24) is 4.90 Å². The smallest absolute Gasteiger partial charge is 0.278 e. The Morgan fingerprint density at radius 2 is 1.79 bits per heavy atom. The maximum absolute atomic E-state index is 13.4. The Morgan fingerprint density at radius 3 is 2.52 bits per heavy atom. The Morgan fingerprint density at radius 1 is 1.00 bits per heavy atom. The van der Waals surface area contributed by atoms with Crippen LogP contribution in [0.15, 0.2) is 54.2 Å². The lowest BCUT2D eigenvalue weighted by molar-refractivity contribution is -0.137. The van der Waals surface area contributed by atoms with Gasteiger partial charge in [-0.15, -0.1) is 0 Å². The molecular formula is C26H32N2O5. The molecule has 176 valence electrons. The summed E-state index contributed by atoms with van der Waals surface area (Å²) in [5.74, 6) is 0.499. The van der Waals surface area contributed by atoms with E-state index in [1.807, 2.05) is 57.2 Å². The Hall–Kier alpha value is -3.32. The number of nitrogens with one attached hydrogen (secondary N) is 1. The van der Waals surface area contributed by atoms with E-state index in [1.54, 1.807) is 19.2 Å². The number of hydrogen-bond acceptors (Lipinski definition) is 6. The van der Waals surface area contributed by atoms with Crippen LogP contribution >= 0.6 is 0 Å². The molecule has 0 radical (unpaired) electrons. The quantitative estimate of drug-likeness (QED) is 0.378. The highest BCUT2D eigenvalue weighted by molar-refractivity contribution is 6.37. The minimum atomic E-state index is -0.370. The van der Waals surface area contributed by atoms with Crippen LogP contribution in [0, 0.1) is 0 Å². The number of carbonyl (C=O) groups excluding carboxylic acids is 2. The zero-order valence-corrected chi connectivity index (χ0v) is 19.7. The highest BCUT2D eigenvalue weighted by Crippen LogP contribution is 2.35. The second-order valence-electron chi connectivity index (χ2n) is 7.99. The molecule has 1 aliphatic rings. The van der Waals surface area contributed by atoms with Crippen molar-refractivity contribution in [2.24, 2.45) is 0 Å². The summed E-state index contributed by atoms with van der Waals surface area (Å²) < 4.78 is 16.8. The van der Waals surface area contributed by atoms with E-state index in [-0.39, 0.29) is 30.2 Å². The molecule has 7 nitrogen and oxygen atoms in total. The number of anilines is 1. The molecule has 0 unspecified atom stereocenters. The number of hydrogen-bond donors (Lipinski definition) is 1. The molecule has 2 aromatic rings. The first-order chi connectivity index (χ1) is 16.0. The van der Waals surface area contributed by atoms with Crippen molar-refractivity contribution in [3.63, 3.8) is 0 Å². The number of nitrogens with zero attached hydrogens (tertiary/aromatic N) is 1. The molecule has 0 saturated carbocycles. The third-order valence-corrected chi connectivity index (χ3v) is 5.10. The van der Waals surface area contributed by atoms with Crippen LogP contribution in [0.5, 0.6) is 11.5 Å². The monoisotopic (exact) mass is 452 g/mol. The van der Waals surface area contributed by atoms with Crippen molar-refractivity contribution in [1.29, 1.82) is 0 Å². The van der Waals surface area contributed by atoms with Gasteiger partial charge in [0.15, 0.2) is 0 Å². The largest absolute Gasteiger partial charge is 0.496 e. The van der Waals surface area contributed by atoms with Crippen molar-refractivity contribution >= 4 is 23.1 Å². The number of methoxy groups -OCH3 is 1. The van der Waals surface area contributed by atoms with Crippen LogP contribution in [0.1, 0.15) is 39.2 Å². The van der Waals surface area contributed by atoms with E-state index in [1.165, 1.54) is 4.90 Å². The third kappa shape index (κ3) is 5.93. The molecule has 3 rings (SSSR count). The van der Waals surface area contributed by atoms with Crippen molar-refractivity contribution in [2.75, 3.05) is 32.2 Å². The number of rotatable bonds is 12. The maximum atomic E-state index is 13.4. The number of benzene rings is 2. The first-order valence-corrected chi connectivity index (χ1v) is 11.3. The fourth-order valence-electron chi connectivity index (χ4n) is 3.57. The van der Waals surface area contributed by atoms with E-state index in [2.05, 4.69) is 5.32 Å². The lowest BCUT2D eigenvalue weighted by Gasteiger charge is -2.16. The average Bonchev–Trinajstić information content (AvgIpc) is 3.04. The molecule has 33 heavy (non-hydrogen) atoms. The SMILES string of the molecule is CCCOc1cccc(NC2=C(c3ccccc3OC)C(=O)N(CCCOC(C)C)C2=O)c1. The normalized spacial score (nSPS) is 13.8. The summed E-state index contributed by atoms with van der Waals surface area (Å²) in [6, 6.07) is 14.6. The van der Waals surface area contributed by atoms with Crippen LogP contribution in [0.3, 0.4) is 0 Å². The van der Waals surface area contributed by atoms with Crippen LogP contribution in [0.25, 0.3) is 5.57 Å². The van der Waals surface area contributed by atoms with E-state index in [4.69, 9.17) is 14.2 Å². The van der Waals surface area contributed by atoms with E-state index in [0.717, 1.165) is 6.42 Å². The van der Waals surface area contributed by atoms with E-state index >= 15 is 0 Å². The first-order valence-electron chi connectivity index (χ1n) is 11.3. The highest BCUT2D eigenvalue weighted by Gasteiger charge is 2.40. The first kappa shape index (κ1) is 24.3. The summed E-state index contributed by atoms with van der Waals surface area (Å²) in [5.41, 5.74) is 1.75. The van der Waals surface area contributed by atoms with Gasteiger partial charge in [0.25, 0.3) is 11.8 Å².